The van der Waals surface area contributed by atoms with Crippen LogP contribution in [0, 0.1) is 0 Å². The second-order valence-electron chi connectivity index (χ2n) is 6.70. The van der Waals surface area contributed by atoms with Crippen LogP contribution in [0.2, 0.25) is 0 Å². The minimum atomic E-state index is 0.761. The number of ether oxygens (including phenoxy) is 1. The lowest BCUT2D eigenvalue weighted by atomic mass is 10.1. The number of nitrogens with zero attached hydrogens (tertiary/aromatic N) is 1. The maximum absolute atomic E-state index is 5.98. The van der Waals surface area contributed by atoms with Crippen molar-refractivity contribution in [2.45, 2.75) is 6.42 Å². The highest BCUT2D eigenvalue weighted by atomic mass is 16.5. The number of allylic oxidation sites excluding steroid dienone is 1. The van der Waals surface area contributed by atoms with E-state index in [9.17, 15) is 0 Å². The summed E-state index contributed by atoms with van der Waals surface area (Å²) < 4.78 is 5.98. The van der Waals surface area contributed by atoms with Gasteiger partial charge in [0, 0.05) is 35.5 Å². The van der Waals surface area contributed by atoms with E-state index in [0.29, 0.717) is 0 Å². The first-order chi connectivity index (χ1) is 13.8. The summed E-state index contributed by atoms with van der Waals surface area (Å²) in [5.41, 5.74) is 5.38. The number of hydrogen-bond donors (Lipinski definition) is 2. The first kappa shape index (κ1) is 16.4. The van der Waals surface area contributed by atoms with Gasteiger partial charge in [-0.3, -0.25) is 0 Å². The van der Waals surface area contributed by atoms with E-state index in [0.717, 1.165) is 40.3 Å². The van der Waals surface area contributed by atoms with Gasteiger partial charge in [-0.25, -0.2) is 4.98 Å². The maximum Gasteiger partial charge on any atom is 0.193 e. The number of nitrogens with one attached hydrogen (secondary N) is 2. The Morgan fingerprint density at radius 2 is 1.75 bits per heavy atom. The fraction of sp³-hybridized carbons (Fsp3) is 0.0417. The summed E-state index contributed by atoms with van der Waals surface area (Å²) >= 11 is 0. The third-order valence-electron chi connectivity index (χ3n) is 4.79. The van der Waals surface area contributed by atoms with Crippen molar-refractivity contribution in [2.24, 2.45) is 0 Å². The lowest BCUT2D eigenvalue weighted by Gasteiger charge is -2.09. The lowest BCUT2D eigenvalue weighted by molar-refractivity contribution is 0.333. The van der Waals surface area contributed by atoms with Crippen molar-refractivity contribution >= 4 is 22.8 Å². The van der Waals surface area contributed by atoms with Crippen LogP contribution in [0.25, 0.3) is 28.2 Å². The highest BCUT2D eigenvalue weighted by Gasteiger charge is 2.13. The third-order valence-corrected chi connectivity index (χ3v) is 4.79. The molecule has 4 nitrogen and oxygen atoms in total. The number of pyridine rings is 1. The van der Waals surface area contributed by atoms with Gasteiger partial charge < -0.3 is 15.0 Å². The fourth-order valence-corrected chi connectivity index (χ4v) is 3.37. The number of hydrogen-bond acceptors (Lipinski definition) is 3. The quantitative estimate of drug-likeness (QED) is 0.470. The van der Waals surface area contributed by atoms with Crippen molar-refractivity contribution in [3.8, 4) is 11.1 Å². The van der Waals surface area contributed by atoms with Crippen molar-refractivity contribution in [2.75, 3.05) is 5.32 Å². The van der Waals surface area contributed by atoms with E-state index in [1.165, 1.54) is 11.1 Å². The van der Waals surface area contributed by atoms with Gasteiger partial charge >= 0.3 is 0 Å². The molecular formula is C24H19N3O. The van der Waals surface area contributed by atoms with Gasteiger partial charge in [-0.15, -0.1) is 0 Å². The van der Waals surface area contributed by atoms with Crippen LogP contribution in [0.5, 0.6) is 0 Å². The van der Waals surface area contributed by atoms with E-state index in [-0.39, 0.29) is 0 Å². The average Bonchev–Trinajstić information content (AvgIpc) is 3.37. The monoisotopic (exact) mass is 365 g/mol. The van der Waals surface area contributed by atoms with Crippen LogP contribution in [-0.4, -0.2) is 9.97 Å². The molecule has 2 N–H and O–H groups in total. The zero-order chi connectivity index (χ0) is 18.8. The van der Waals surface area contributed by atoms with E-state index in [2.05, 4.69) is 82.0 Å². The Hall–Kier alpha value is -3.79. The van der Waals surface area contributed by atoms with E-state index >= 15 is 0 Å². The predicted octanol–water partition coefficient (Wildman–Crippen LogP) is 5.94. The lowest BCUT2D eigenvalue weighted by Crippen LogP contribution is -1.99. The molecule has 5 rings (SSSR count). The van der Waals surface area contributed by atoms with E-state index < -0.39 is 0 Å². The molecule has 0 saturated heterocycles. The Balaban J connectivity index is 1.27. The summed E-state index contributed by atoms with van der Waals surface area (Å²) in [7, 11) is 0. The molecule has 1 aliphatic heterocycles. The van der Waals surface area contributed by atoms with Crippen LogP contribution in [0.1, 0.15) is 12.0 Å². The minimum absolute atomic E-state index is 0.761. The SMILES string of the molecule is C(=C1CC=C(Nc2ccc(-c3ccccc3)cc2)O1)c1c[nH]c2ncccc12. The van der Waals surface area contributed by atoms with Gasteiger partial charge in [0.15, 0.2) is 5.88 Å². The smallest absolute Gasteiger partial charge is 0.193 e. The first-order valence-electron chi connectivity index (χ1n) is 9.28. The molecule has 1 aliphatic rings. The summed E-state index contributed by atoms with van der Waals surface area (Å²) in [6.07, 6.45) is 8.63. The van der Waals surface area contributed by atoms with Gasteiger partial charge in [0.1, 0.15) is 11.4 Å². The number of fused-ring (bicyclic) bond motifs is 1. The Morgan fingerprint density at radius 1 is 0.929 bits per heavy atom. The number of benzene rings is 2. The molecule has 4 heteroatoms. The van der Waals surface area contributed by atoms with Crippen LogP contribution in [0.15, 0.2) is 96.8 Å². The van der Waals surface area contributed by atoms with E-state index in [4.69, 9.17) is 4.74 Å². The molecule has 28 heavy (non-hydrogen) atoms. The van der Waals surface area contributed by atoms with Crippen LogP contribution in [-0.2, 0) is 4.74 Å². The standard InChI is InChI=1S/C24H19N3O/c1-2-5-17(6-3-1)18-8-10-20(11-9-18)27-23-13-12-21(28-23)15-19-16-26-24-22(19)7-4-14-25-24/h1-11,13-16,27H,12H2,(H,25,26). The molecule has 136 valence electrons. The second-order valence-corrected chi connectivity index (χ2v) is 6.70. The highest BCUT2D eigenvalue weighted by Crippen LogP contribution is 2.28. The Bertz CT molecular complexity index is 1170. The molecule has 0 unspecified atom stereocenters. The molecule has 4 aromatic rings. The summed E-state index contributed by atoms with van der Waals surface area (Å²) in [6, 6.07) is 22.7. The molecule has 3 heterocycles. The Kier molecular flexibility index (Phi) is 4.14. The van der Waals surface area contributed by atoms with Gasteiger partial charge in [-0.1, -0.05) is 42.5 Å². The molecular weight excluding hydrogens is 346 g/mol. The van der Waals surface area contributed by atoms with Crippen molar-refractivity contribution in [3.63, 3.8) is 0 Å². The molecule has 2 aromatic carbocycles. The second kappa shape index (κ2) is 7.08. The van der Waals surface area contributed by atoms with Crippen molar-refractivity contribution in [3.05, 3.63) is 102 Å². The molecule has 2 aromatic heterocycles. The molecule has 0 aliphatic carbocycles. The van der Waals surface area contributed by atoms with Gasteiger partial charge in [0.05, 0.1) is 0 Å². The van der Waals surface area contributed by atoms with E-state index in [1.807, 2.05) is 18.3 Å². The molecule has 0 saturated carbocycles. The zero-order valence-electron chi connectivity index (χ0n) is 15.2. The Labute approximate surface area is 163 Å². The number of aromatic amines is 1. The zero-order valence-corrected chi connectivity index (χ0v) is 15.2. The van der Waals surface area contributed by atoms with Gasteiger partial charge in [0.25, 0.3) is 0 Å². The van der Waals surface area contributed by atoms with Gasteiger partial charge in [0.2, 0.25) is 0 Å². The Morgan fingerprint density at radius 3 is 2.61 bits per heavy atom. The predicted molar refractivity (Wildman–Crippen MR) is 113 cm³/mol. The molecule has 0 bridgehead atoms. The first-order valence-corrected chi connectivity index (χ1v) is 9.28. The topological polar surface area (TPSA) is 49.9 Å². The minimum Gasteiger partial charge on any atom is -0.445 e. The molecule has 0 radical (unpaired) electrons. The number of H-pyrrole nitrogens is 1. The van der Waals surface area contributed by atoms with Crippen molar-refractivity contribution in [1.29, 1.82) is 0 Å². The average molecular weight is 365 g/mol. The summed E-state index contributed by atoms with van der Waals surface area (Å²) in [6.45, 7) is 0. The normalized spacial score (nSPS) is 14.9. The molecule has 0 amide bonds. The number of rotatable bonds is 4. The maximum atomic E-state index is 5.98. The molecule has 0 spiro atoms. The summed E-state index contributed by atoms with van der Waals surface area (Å²) in [5.74, 6) is 1.67. The van der Waals surface area contributed by atoms with Gasteiger partial charge in [-0.05, 0) is 47.5 Å². The van der Waals surface area contributed by atoms with Gasteiger partial charge in [-0.2, -0.15) is 0 Å². The van der Waals surface area contributed by atoms with Crippen LogP contribution in [0.4, 0.5) is 5.69 Å². The summed E-state index contributed by atoms with van der Waals surface area (Å²) in [5, 5.41) is 4.44. The number of anilines is 1. The summed E-state index contributed by atoms with van der Waals surface area (Å²) in [4.78, 5) is 7.51. The van der Waals surface area contributed by atoms with Crippen molar-refractivity contribution in [1.82, 2.24) is 9.97 Å². The molecule has 0 atom stereocenters. The fourth-order valence-electron chi connectivity index (χ4n) is 3.37. The molecule has 0 fully saturated rings. The van der Waals surface area contributed by atoms with Crippen molar-refractivity contribution < 1.29 is 4.74 Å². The largest absolute Gasteiger partial charge is 0.445 e. The highest BCUT2D eigenvalue weighted by molar-refractivity contribution is 5.86. The van der Waals surface area contributed by atoms with Crippen LogP contribution >= 0.6 is 0 Å². The third kappa shape index (κ3) is 3.28. The van der Waals surface area contributed by atoms with E-state index in [1.54, 1.807) is 6.20 Å². The van der Waals surface area contributed by atoms with Crippen LogP contribution in [0.3, 0.4) is 0 Å². The number of aromatic nitrogens is 2. The van der Waals surface area contributed by atoms with Crippen LogP contribution < -0.4 is 5.32 Å².